The van der Waals surface area contributed by atoms with Gasteiger partial charge in [0, 0.05) is 25.2 Å². The molecule has 7 heteroatoms. The molecule has 29 heavy (non-hydrogen) atoms. The number of carbonyl (C=O) groups excluding carboxylic acids is 2. The molecule has 1 saturated heterocycles. The van der Waals surface area contributed by atoms with Crippen LogP contribution in [0.3, 0.4) is 0 Å². The number of non-ortho nitro benzene ring substituents is 1. The highest BCUT2D eigenvalue weighted by molar-refractivity contribution is 6.45. The van der Waals surface area contributed by atoms with Crippen LogP contribution >= 0.6 is 0 Å². The molecule has 0 bridgehead atoms. The van der Waals surface area contributed by atoms with Gasteiger partial charge in [0.2, 0.25) is 0 Å². The fraction of sp³-hybridized carbons (Fsp3) is 0.273. The van der Waals surface area contributed by atoms with Gasteiger partial charge in [-0.25, -0.2) is 4.90 Å². The van der Waals surface area contributed by atoms with Crippen molar-refractivity contribution in [3.63, 3.8) is 0 Å². The Kier molecular flexibility index (Phi) is 4.88. The minimum Gasteiger partial charge on any atom is -0.366 e. The van der Waals surface area contributed by atoms with E-state index >= 15 is 0 Å². The largest absolute Gasteiger partial charge is 0.366 e. The van der Waals surface area contributed by atoms with Crippen LogP contribution in [0.4, 0.5) is 11.4 Å². The maximum atomic E-state index is 13.4. The highest BCUT2D eigenvalue weighted by Gasteiger charge is 2.42. The zero-order valence-electron chi connectivity index (χ0n) is 16.1. The number of imide groups is 1. The molecule has 148 valence electrons. The van der Waals surface area contributed by atoms with Crippen molar-refractivity contribution in [2.45, 2.75) is 26.2 Å². The summed E-state index contributed by atoms with van der Waals surface area (Å²) in [6.07, 6.45) is 3.02. The fourth-order valence-electron chi connectivity index (χ4n) is 3.87. The molecule has 2 amide bonds. The average Bonchev–Trinajstić information content (AvgIpc) is 2.99. The monoisotopic (exact) mass is 391 g/mol. The molecule has 0 aromatic heterocycles. The van der Waals surface area contributed by atoms with E-state index in [1.54, 1.807) is 24.3 Å². The van der Waals surface area contributed by atoms with Crippen molar-refractivity contribution in [2.24, 2.45) is 0 Å². The topological polar surface area (TPSA) is 83.8 Å². The molecule has 1 fully saturated rings. The number of likely N-dealkylation sites (tertiary alicyclic amines) is 1. The first-order valence-corrected chi connectivity index (χ1v) is 9.67. The molecule has 4 rings (SSSR count). The van der Waals surface area contributed by atoms with Crippen molar-refractivity contribution in [1.82, 2.24) is 4.90 Å². The highest BCUT2D eigenvalue weighted by Crippen LogP contribution is 2.36. The Morgan fingerprint density at radius 3 is 2.07 bits per heavy atom. The second-order valence-electron chi connectivity index (χ2n) is 7.36. The number of nitro benzene ring substituents is 1. The molecule has 0 unspecified atom stereocenters. The molecular weight excluding hydrogens is 370 g/mol. The summed E-state index contributed by atoms with van der Waals surface area (Å²) in [5.74, 6) is -0.734. The third-order valence-electron chi connectivity index (χ3n) is 5.39. The van der Waals surface area contributed by atoms with Crippen molar-refractivity contribution in [2.75, 3.05) is 18.0 Å². The van der Waals surface area contributed by atoms with E-state index in [0.29, 0.717) is 35.6 Å². The van der Waals surface area contributed by atoms with E-state index in [1.165, 1.54) is 17.0 Å². The lowest BCUT2D eigenvalue weighted by molar-refractivity contribution is -0.384. The number of rotatable bonds is 4. The Hall–Kier alpha value is -3.48. The summed E-state index contributed by atoms with van der Waals surface area (Å²) in [6, 6.07) is 13.1. The van der Waals surface area contributed by atoms with E-state index in [9.17, 15) is 19.7 Å². The number of nitrogens with zero attached hydrogens (tertiary/aromatic N) is 3. The molecular formula is C22H21N3O4. The number of hydrogen-bond donors (Lipinski definition) is 0. The number of aryl methyl sites for hydroxylation is 1. The van der Waals surface area contributed by atoms with Crippen LogP contribution in [-0.2, 0) is 9.59 Å². The Morgan fingerprint density at radius 1 is 0.862 bits per heavy atom. The third-order valence-corrected chi connectivity index (χ3v) is 5.39. The van der Waals surface area contributed by atoms with Crippen LogP contribution in [0.1, 0.15) is 30.4 Å². The summed E-state index contributed by atoms with van der Waals surface area (Å²) in [4.78, 5) is 40.4. The van der Waals surface area contributed by atoms with Crippen molar-refractivity contribution in [3.05, 3.63) is 75.5 Å². The minimum atomic E-state index is -0.482. The Bertz CT molecular complexity index is 1000. The fourth-order valence-corrected chi connectivity index (χ4v) is 3.87. The Morgan fingerprint density at radius 2 is 1.48 bits per heavy atom. The molecule has 0 spiro atoms. The molecule has 2 aliphatic heterocycles. The Balaban J connectivity index is 1.80. The molecule has 0 radical (unpaired) electrons. The third kappa shape index (κ3) is 3.40. The summed E-state index contributed by atoms with van der Waals surface area (Å²) in [5.41, 5.74) is 2.73. The number of piperidine rings is 1. The number of anilines is 1. The summed E-state index contributed by atoms with van der Waals surface area (Å²) in [5, 5.41) is 11.0. The van der Waals surface area contributed by atoms with Gasteiger partial charge >= 0.3 is 0 Å². The lowest BCUT2D eigenvalue weighted by atomic mass is 10.0. The Labute approximate surface area is 168 Å². The number of carbonyl (C=O) groups is 2. The van der Waals surface area contributed by atoms with Gasteiger partial charge in [0.05, 0.1) is 16.2 Å². The first-order chi connectivity index (χ1) is 14.0. The SMILES string of the molecule is Cc1ccc(N2C(=O)C(c3ccc([N+](=O)[O-])cc3)=C(N3CCCCC3)C2=O)cc1. The molecule has 0 atom stereocenters. The predicted molar refractivity (Wildman–Crippen MR) is 109 cm³/mol. The van der Waals surface area contributed by atoms with Crippen LogP contribution in [0, 0.1) is 17.0 Å². The van der Waals surface area contributed by atoms with Crippen LogP contribution in [0.5, 0.6) is 0 Å². The van der Waals surface area contributed by atoms with Gasteiger partial charge in [0.1, 0.15) is 5.70 Å². The molecule has 2 aromatic carbocycles. The van der Waals surface area contributed by atoms with Gasteiger partial charge in [-0.05, 0) is 56.0 Å². The van der Waals surface area contributed by atoms with E-state index in [2.05, 4.69) is 0 Å². The smallest absolute Gasteiger partial charge is 0.282 e. The van der Waals surface area contributed by atoms with Crippen molar-refractivity contribution in [1.29, 1.82) is 0 Å². The minimum absolute atomic E-state index is 0.0546. The molecule has 2 aromatic rings. The number of benzene rings is 2. The van der Waals surface area contributed by atoms with E-state index in [4.69, 9.17) is 0 Å². The van der Waals surface area contributed by atoms with Crippen molar-refractivity contribution < 1.29 is 14.5 Å². The van der Waals surface area contributed by atoms with Gasteiger partial charge in [-0.1, -0.05) is 17.7 Å². The standard InChI is InChI=1S/C22H21N3O4/c1-15-5-9-17(10-6-15)24-21(26)19(16-7-11-18(12-8-16)25(28)29)20(22(24)27)23-13-3-2-4-14-23/h5-12H,2-4,13-14H2,1H3. The first-order valence-electron chi connectivity index (χ1n) is 9.67. The van der Waals surface area contributed by atoms with E-state index in [0.717, 1.165) is 24.8 Å². The summed E-state index contributed by atoms with van der Waals surface area (Å²) in [6.45, 7) is 3.37. The lowest BCUT2D eigenvalue weighted by Crippen LogP contribution is -2.37. The van der Waals surface area contributed by atoms with Crippen molar-refractivity contribution >= 4 is 28.8 Å². The lowest BCUT2D eigenvalue weighted by Gasteiger charge is -2.29. The van der Waals surface area contributed by atoms with E-state index in [1.807, 2.05) is 24.0 Å². The number of hydrogen-bond acceptors (Lipinski definition) is 5. The number of nitro groups is 1. The quantitative estimate of drug-likeness (QED) is 0.451. The van der Waals surface area contributed by atoms with Gasteiger partial charge in [0.25, 0.3) is 17.5 Å². The van der Waals surface area contributed by atoms with Crippen LogP contribution in [0.2, 0.25) is 0 Å². The van der Waals surface area contributed by atoms with Gasteiger partial charge in [-0.2, -0.15) is 0 Å². The second kappa shape index (κ2) is 7.50. The van der Waals surface area contributed by atoms with Gasteiger partial charge in [-0.3, -0.25) is 19.7 Å². The number of amides is 2. The second-order valence-corrected chi connectivity index (χ2v) is 7.36. The van der Waals surface area contributed by atoms with Crippen LogP contribution < -0.4 is 4.90 Å². The highest BCUT2D eigenvalue weighted by atomic mass is 16.6. The van der Waals surface area contributed by atoms with E-state index in [-0.39, 0.29) is 11.6 Å². The predicted octanol–water partition coefficient (Wildman–Crippen LogP) is 3.67. The van der Waals surface area contributed by atoms with Crippen LogP contribution in [-0.4, -0.2) is 34.7 Å². The zero-order valence-corrected chi connectivity index (χ0v) is 16.1. The maximum Gasteiger partial charge on any atom is 0.282 e. The van der Waals surface area contributed by atoms with Crippen LogP contribution in [0.15, 0.2) is 54.2 Å². The van der Waals surface area contributed by atoms with Gasteiger partial charge < -0.3 is 4.90 Å². The molecule has 2 heterocycles. The van der Waals surface area contributed by atoms with E-state index < -0.39 is 10.8 Å². The average molecular weight is 391 g/mol. The summed E-state index contributed by atoms with van der Waals surface area (Å²) >= 11 is 0. The van der Waals surface area contributed by atoms with Crippen molar-refractivity contribution in [3.8, 4) is 0 Å². The van der Waals surface area contributed by atoms with Crippen LogP contribution in [0.25, 0.3) is 5.57 Å². The first kappa shape index (κ1) is 18.9. The molecule has 0 N–H and O–H groups in total. The summed E-state index contributed by atoms with van der Waals surface area (Å²) < 4.78 is 0. The normalized spacial score (nSPS) is 17.3. The zero-order chi connectivity index (χ0) is 20.5. The molecule has 2 aliphatic rings. The molecule has 0 aliphatic carbocycles. The maximum absolute atomic E-state index is 13.4. The molecule has 0 saturated carbocycles. The van der Waals surface area contributed by atoms with Gasteiger partial charge in [0.15, 0.2) is 0 Å². The summed E-state index contributed by atoms with van der Waals surface area (Å²) in [7, 11) is 0. The van der Waals surface area contributed by atoms with Gasteiger partial charge in [-0.15, -0.1) is 0 Å². The molecule has 7 nitrogen and oxygen atoms in total.